The van der Waals surface area contributed by atoms with Gasteiger partial charge in [-0.3, -0.25) is 14.3 Å². The molecule has 30 heavy (non-hydrogen) atoms. The summed E-state index contributed by atoms with van der Waals surface area (Å²) in [5.74, 6) is 1.18. The fourth-order valence-corrected chi connectivity index (χ4v) is 4.81. The Labute approximate surface area is 179 Å². The molecule has 0 unspecified atom stereocenters. The fraction of sp³-hybridized carbons (Fsp3) is 0.455. The van der Waals surface area contributed by atoms with E-state index in [1.165, 1.54) is 10.9 Å². The van der Waals surface area contributed by atoms with Crippen LogP contribution in [-0.4, -0.2) is 25.1 Å². The normalized spacial score (nSPS) is 14.8. The van der Waals surface area contributed by atoms with Crippen LogP contribution in [0.25, 0.3) is 5.78 Å². The lowest BCUT2D eigenvalue weighted by atomic mass is 9.88. The summed E-state index contributed by atoms with van der Waals surface area (Å²) in [6.45, 7) is 2.78. The number of carbonyl (C=O) groups excluding carboxylic acids is 1. The van der Waals surface area contributed by atoms with Crippen LogP contribution in [0.1, 0.15) is 51.1 Å². The molecule has 0 radical (unpaired) electrons. The first kappa shape index (κ1) is 20.7. The van der Waals surface area contributed by atoms with Gasteiger partial charge in [0.25, 0.3) is 11.3 Å². The highest BCUT2D eigenvalue weighted by molar-refractivity contribution is 7.98. The molecule has 0 spiro atoms. The number of anilines is 1. The minimum Gasteiger partial charge on any atom is -0.325 e. The van der Waals surface area contributed by atoms with Gasteiger partial charge in [0.2, 0.25) is 5.91 Å². The number of aryl methyl sites for hydroxylation is 1. The number of para-hydroxylation sites is 1. The molecule has 0 aliphatic heterocycles. The third-order valence-electron chi connectivity index (χ3n) is 5.44. The number of amides is 1. The smallest absolute Gasteiger partial charge is 0.274 e. The maximum absolute atomic E-state index is 12.7. The summed E-state index contributed by atoms with van der Waals surface area (Å²) >= 11 is 1.56. The zero-order valence-electron chi connectivity index (χ0n) is 17.2. The van der Waals surface area contributed by atoms with Crippen LogP contribution < -0.4 is 10.9 Å². The third kappa shape index (κ3) is 4.59. The van der Waals surface area contributed by atoms with Crippen molar-refractivity contribution < 1.29 is 4.79 Å². The van der Waals surface area contributed by atoms with Crippen LogP contribution in [0.3, 0.4) is 0 Å². The number of nitrogens with zero attached hydrogens (tertiary/aromatic N) is 4. The van der Waals surface area contributed by atoms with E-state index in [2.05, 4.69) is 22.2 Å². The van der Waals surface area contributed by atoms with Crippen molar-refractivity contribution in [1.29, 1.82) is 0 Å². The highest BCUT2D eigenvalue weighted by Gasteiger charge is 2.21. The summed E-state index contributed by atoms with van der Waals surface area (Å²) in [5, 5.41) is 3.11. The van der Waals surface area contributed by atoms with E-state index in [9.17, 15) is 9.59 Å². The predicted octanol–water partition coefficient (Wildman–Crippen LogP) is 4.11. The number of hydrogen-bond donors (Lipinski definition) is 1. The Morgan fingerprint density at radius 2 is 2.03 bits per heavy atom. The van der Waals surface area contributed by atoms with Crippen LogP contribution in [0.15, 0.2) is 46.3 Å². The average molecular weight is 426 g/mol. The van der Waals surface area contributed by atoms with Crippen molar-refractivity contribution in [2.45, 2.75) is 62.6 Å². The lowest BCUT2D eigenvalue weighted by molar-refractivity contribution is -0.120. The fourth-order valence-electron chi connectivity index (χ4n) is 3.91. The summed E-state index contributed by atoms with van der Waals surface area (Å²) in [5.41, 5.74) is 1.38. The number of aromatic nitrogens is 4. The van der Waals surface area contributed by atoms with Crippen molar-refractivity contribution in [3.05, 3.63) is 52.7 Å². The SMILES string of the molecule is CCCn1cnc2nc(CSc3ccccc3NC(=O)C3CCCCC3)cc(=O)n21. The van der Waals surface area contributed by atoms with Crippen LogP contribution in [0.2, 0.25) is 0 Å². The van der Waals surface area contributed by atoms with Gasteiger partial charge in [-0.2, -0.15) is 9.50 Å². The molecule has 1 N–H and O–H groups in total. The van der Waals surface area contributed by atoms with Gasteiger partial charge in [0.05, 0.1) is 11.4 Å². The lowest BCUT2D eigenvalue weighted by Crippen LogP contribution is -2.24. The Morgan fingerprint density at radius 1 is 1.23 bits per heavy atom. The second-order valence-electron chi connectivity index (χ2n) is 7.71. The Bertz CT molecular complexity index is 1080. The Balaban J connectivity index is 1.47. The van der Waals surface area contributed by atoms with E-state index in [-0.39, 0.29) is 17.4 Å². The second kappa shape index (κ2) is 9.47. The first-order chi connectivity index (χ1) is 14.7. The number of carbonyl (C=O) groups is 1. The van der Waals surface area contributed by atoms with Gasteiger partial charge in [0.1, 0.15) is 6.33 Å². The monoisotopic (exact) mass is 425 g/mol. The van der Waals surface area contributed by atoms with E-state index in [1.807, 2.05) is 24.3 Å². The standard InChI is InChI=1S/C22H27N5O2S/c1-2-12-26-15-23-22-24-17(13-20(28)27(22)26)14-30-19-11-7-6-10-18(19)25-21(29)16-8-4-3-5-9-16/h6-7,10-11,13,15-16H,2-5,8-9,12,14H2,1H3,(H,25,29). The molecule has 158 valence electrons. The molecule has 1 saturated carbocycles. The van der Waals surface area contributed by atoms with Gasteiger partial charge >= 0.3 is 0 Å². The van der Waals surface area contributed by atoms with Crippen LogP contribution in [-0.2, 0) is 17.1 Å². The summed E-state index contributed by atoms with van der Waals surface area (Å²) in [4.78, 5) is 35.0. The molecule has 8 heteroatoms. The highest BCUT2D eigenvalue weighted by Crippen LogP contribution is 2.31. The van der Waals surface area contributed by atoms with E-state index in [0.717, 1.165) is 49.2 Å². The first-order valence-electron chi connectivity index (χ1n) is 10.6. The number of rotatable bonds is 7. The first-order valence-corrected chi connectivity index (χ1v) is 11.6. The van der Waals surface area contributed by atoms with Crippen molar-refractivity contribution in [1.82, 2.24) is 19.2 Å². The van der Waals surface area contributed by atoms with Crippen molar-refractivity contribution >= 4 is 29.1 Å². The number of nitrogens with one attached hydrogen (secondary N) is 1. The summed E-state index contributed by atoms with van der Waals surface area (Å²) in [7, 11) is 0. The minimum atomic E-state index is -0.125. The molecule has 0 bridgehead atoms. The third-order valence-corrected chi connectivity index (χ3v) is 6.55. The highest BCUT2D eigenvalue weighted by atomic mass is 32.2. The summed E-state index contributed by atoms with van der Waals surface area (Å²) < 4.78 is 3.30. The molecule has 1 aromatic carbocycles. The maximum atomic E-state index is 12.7. The van der Waals surface area contributed by atoms with E-state index >= 15 is 0 Å². The Kier molecular flexibility index (Phi) is 6.52. The van der Waals surface area contributed by atoms with Crippen LogP contribution in [0.4, 0.5) is 5.69 Å². The molecule has 1 fully saturated rings. The summed E-state index contributed by atoms with van der Waals surface area (Å²) in [6, 6.07) is 9.37. The quantitative estimate of drug-likeness (QED) is 0.576. The van der Waals surface area contributed by atoms with Gasteiger partial charge < -0.3 is 5.32 Å². The molecule has 2 aromatic heterocycles. The Hall–Kier alpha value is -2.61. The molecule has 3 aromatic rings. The molecule has 0 atom stereocenters. The number of hydrogen-bond acceptors (Lipinski definition) is 5. The van der Waals surface area contributed by atoms with Gasteiger partial charge in [0.15, 0.2) is 0 Å². The van der Waals surface area contributed by atoms with Crippen molar-refractivity contribution in [2.75, 3.05) is 5.32 Å². The van der Waals surface area contributed by atoms with Gasteiger partial charge in [-0.25, -0.2) is 4.98 Å². The summed E-state index contributed by atoms with van der Waals surface area (Å²) in [6.07, 6.45) is 8.00. The van der Waals surface area contributed by atoms with Crippen LogP contribution in [0.5, 0.6) is 0 Å². The average Bonchev–Trinajstić information content (AvgIpc) is 3.17. The van der Waals surface area contributed by atoms with Gasteiger partial charge in [-0.05, 0) is 31.4 Å². The topological polar surface area (TPSA) is 81.3 Å². The molecular weight excluding hydrogens is 398 g/mol. The molecule has 1 aliphatic rings. The molecule has 1 amide bonds. The van der Waals surface area contributed by atoms with Gasteiger partial charge in [-0.1, -0.05) is 38.3 Å². The zero-order valence-corrected chi connectivity index (χ0v) is 18.0. The van der Waals surface area contributed by atoms with Gasteiger partial charge in [-0.15, -0.1) is 11.8 Å². The zero-order chi connectivity index (χ0) is 20.9. The minimum absolute atomic E-state index is 0.110. The van der Waals surface area contributed by atoms with Crippen molar-refractivity contribution in [3.8, 4) is 0 Å². The maximum Gasteiger partial charge on any atom is 0.274 e. The van der Waals surface area contributed by atoms with E-state index in [1.54, 1.807) is 28.8 Å². The van der Waals surface area contributed by atoms with E-state index < -0.39 is 0 Å². The second-order valence-corrected chi connectivity index (χ2v) is 8.73. The van der Waals surface area contributed by atoms with Crippen molar-refractivity contribution in [2.24, 2.45) is 5.92 Å². The molecule has 7 nitrogen and oxygen atoms in total. The van der Waals surface area contributed by atoms with Crippen molar-refractivity contribution in [3.63, 3.8) is 0 Å². The van der Waals surface area contributed by atoms with E-state index in [4.69, 9.17) is 0 Å². The molecule has 0 saturated heterocycles. The molecule has 2 heterocycles. The van der Waals surface area contributed by atoms with Crippen LogP contribution >= 0.6 is 11.8 Å². The number of thioether (sulfide) groups is 1. The van der Waals surface area contributed by atoms with Crippen LogP contribution in [0, 0.1) is 5.92 Å². The molecule has 1 aliphatic carbocycles. The number of fused-ring (bicyclic) bond motifs is 1. The van der Waals surface area contributed by atoms with E-state index in [0.29, 0.717) is 17.2 Å². The molecule has 4 rings (SSSR count). The predicted molar refractivity (Wildman–Crippen MR) is 119 cm³/mol. The Morgan fingerprint density at radius 3 is 2.83 bits per heavy atom. The van der Waals surface area contributed by atoms with Gasteiger partial charge in [0, 0.05) is 29.2 Å². The lowest BCUT2D eigenvalue weighted by Gasteiger charge is -2.21. The largest absolute Gasteiger partial charge is 0.325 e. The number of benzene rings is 1. The molecular formula is C22H27N5O2S.